The first kappa shape index (κ1) is 25.9. The van der Waals surface area contributed by atoms with Gasteiger partial charge in [-0.1, -0.05) is 57.2 Å². The molecule has 178 valence electrons. The number of hydrogen-bond acceptors (Lipinski definition) is 5. The summed E-state index contributed by atoms with van der Waals surface area (Å²) in [4.78, 5) is 23.6. The van der Waals surface area contributed by atoms with Crippen molar-refractivity contribution < 1.29 is 19.4 Å². The van der Waals surface area contributed by atoms with Crippen LogP contribution in [0.5, 0.6) is 5.75 Å². The maximum atomic E-state index is 12.4. The average Bonchev–Trinajstić information content (AvgIpc) is 2.73. The van der Waals surface area contributed by atoms with Crippen LogP contribution in [0.4, 0.5) is 0 Å². The van der Waals surface area contributed by atoms with Crippen molar-refractivity contribution in [1.82, 2.24) is 10.7 Å². The number of hydrogen-bond donors (Lipinski definition) is 3. The minimum atomic E-state index is -1.32. The molecule has 0 aliphatic rings. The summed E-state index contributed by atoms with van der Waals surface area (Å²) in [5.41, 5.74) is 6.09. The second-order valence-electron chi connectivity index (χ2n) is 9.68. The molecule has 0 radical (unpaired) electrons. The van der Waals surface area contributed by atoms with Crippen molar-refractivity contribution in [3.05, 3.63) is 64.7 Å². The monoisotopic (exact) mass is 453 g/mol. The molecule has 7 heteroatoms. The standard InChI is InChI=1S/C26H35N3O4/c1-17-14-20(10-13-22(17)33-26(6,7)24(31)32)15-27-23(30)18(2)29-28-16-19-8-11-21(12-9-19)25(3,4)5/h8-14,28H,15-16H2,1-7H3,(H,27,30)(H,31,32)/b29-18+. The van der Waals surface area contributed by atoms with E-state index in [1.807, 2.05) is 13.0 Å². The molecule has 2 rings (SSSR count). The largest absolute Gasteiger partial charge is 0.478 e. The Bertz CT molecular complexity index is 1020. The third-order valence-electron chi connectivity index (χ3n) is 5.25. The molecule has 0 unspecified atom stereocenters. The lowest BCUT2D eigenvalue weighted by Gasteiger charge is -2.23. The average molecular weight is 454 g/mol. The summed E-state index contributed by atoms with van der Waals surface area (Å²) in [6, 6.07) is 13.7. The number of carboxylic acid groups (broad SMARTS) is 1. The Morgan fingerprint density at radius 3 is 2.12 bits per heavy atom. The summed E-state index contributed by atoms with van der Waals surface area (Å²) in [5, 5.41) is 16.2. The van der Waals surface area contributed by atoms with Crippen LogP contribution in [0.2, 0.25) is 0 Å². The zero-order valence-electron chi connectivity index (χ0n) is 20.6. The minimum absolute atomic E-state index is 0.111. The number of amides is 1. The molecule has 0 spiro atoms. The fraction of sp³-hybridized carbons (Fsp3) is 0.423. The Hall–Kier alpha value is -3.35. The summed E-state index contributed by atoms with van der Waals surface area (Å²) in [6.45, 7) is 13.9. The number of aliphatic carboxylic acids is 1. The predicted octanol–water partition coefficient (Wildman–Crippen LogP) is 4.32. The molecule has 0 heterocycles. The minimum Gasteiger partial charge on any atom is -0.478 e. The first-order valence-electron chi connectivity index (χ1n) is 11.0. The molecule has 3 N–H and O–H groups in total. The number of rotatable bonds is 9. The van der Waals surface area contributed by atoms with Crippen LogP contribution >= 0.6 is 0 Å². The van der Waals surface area contributed by atoms with Crippen molar-refractivity contribution in [2.24, 2.45) is 5.10 Å². The van der Waals surface area contributed by atoms with E-state index in [1.54, 1.807) is 19.1 Å². The van der Waals surface area contributed by atoms with Crippen LogP contribution in [-0.4, -0.2) is 28.3 Å². The van der Waals surface area contributed by atoms with Gasteiger partial charge >= 0.3 is 5.97 Å². The number of benzene rings is 2. The SMILES string of the molecule is C/C(=N\NCc1ccc(C(C)(C)C)cc1)C(=O)NCc1ccc(OC(C)(C)C(=O)O)c(C)c1. The molecule has 0 aromatic heterocycles. The maximum absolute atomic E-state index is 12.4. The van der Waals surface area contributed by atoms with Gasteiger partial charge in [-0.05, 0) is 61.4 Å². The van der Waals surface area contributed by atoms with Gasteiger partial charge in [0.1, 0.15) is 11.5 Å². The van der Waals surface area contributed by atoms with Crippen molar-refractivity contribution in [2.75, 3.05) is 0 Å². The first-order chi connectivity index (χ1) is 15.3. The van der Waals surface area contributed by atoms with E-state index in [0.29, 0.717) is 24.6 Å². The second kappa shape index (κ2) is 10.5. The van der Waals surface area contributed by atoms with E-state index in [4.69, 9.17) is 4.74 Å². The lowest BCUT2D eigenvalue weighted by Crippen LogP contribution is -2.38. The highest BCUT2D eigenvalue weighted by molar-refractivity contribution is 6.37. The molecule has 0 aliphatic heterocycles. The van der Waals surface area contributed by atoms with E-state index in [-0.39, 0.29) is 11.3 Å². The summed E-state index contributed by atoms with van der Waals surface area (Å²) in [7, 11) is 0. The summed E-state index contributed by atoms with van der Waals surface area (Å²) in [5.74, 6) is -0.811. The number of carbonyl (C=O) groups is 2. The molecule has 33 heavy (non-hydrogen) atoms. The van der Waals surface area contributed by atoms with Crippen LogP contribution in [0.1, 0.15) is 63.8 Å². The Morgan fingerprint density at radius 2 is 1.58 bits per heavy atom. The van der Waals surface area contributed by atoms with Crippen LogP contribution in [0.25, 0.3) is 0 Å². The Kier molecular flexibility index (Phi) is 8.25. The number of hydrazone groups is 1. The van der Waals surface area contributed by atoms with E-state index in [2.05, 4.69) is 60.9 Å². The normalized spacial score (nSPS) is 12.3. The molecular weight excluding hydrogens is 418 g/mol. The Labute approximate surface area is 196 Å². The molecule has 1 amide bonds. The van der Waals surface area contributed by atoms with Gasteiger partial charge in [-0.25, -0.2) is 4.79 Å². The zero-order valence-corrected chi connectivity index (χ0v) is 20.6. The van der Waals surface area contributed by atoms with Crippen LogP contribution in [0.3, 0.4) is 0 Å². The molecule has 0 aliphatic carbocycles. The number of carboxylic acids is 1. The van der Waals surface area contributed by atoms with Crippen molar-refractivity contribution in [3.8, 4) is 5.75 Å². The summed E-state index contributed by atoms with van der Waals surface area (Å²) < 4.78 is 5.60. The lowest BCUT2D eigenvalue weighted by molar-refractivity contribution is -0.152. The third-order valence-corrected chi connectivity index (χ3v) is 5.25. The molecule has 0 atom stereocenters. The number of nitrogens with one attached hydrogen (secondary N) is 2. The van der Waals surface area contributed by atoms with E-state index in [1.165, 1.54) is 19.4 Å². The predicted molar refractivity (Wildman–Crippen MR) is 130 cm³/mol. The number of ether oxygens (including phenoxy) is 1. The molecule has 0 bridgehead atoms. The van der Waals surface area contributed by atoms with Gasteiger partial charge in [0.05, 0.1) is 6.54 Å². The van der Waals surface area contributed by atoms with Crippen molar-refractivity contribution in [2.45, 2.75) is 72.6 Å². The quantitative estimate of drug-likeness (QED) is 0.388. The van der Waals surface area contributed by atoms with Crippen molar-refractivity contribution >= 4 is 17.6 Å². The molecule has 0 saturated carbocycles. The van der Waals surface area contributed by atoms with E-state index >= 15 is 0 Å². The molecule has 2 aromatic carbocycles. The van der Waals surface area contributed by atoms with E-state index in [9.17, 15) is 14.7 Å². The van der Waals surface area contributed by atoms with Crippen LogP contribution in [-0.2, 0) is 28.1 Å². The number of aryl methyl sites for hydroxylation is 1. The van der Waals surface area contributed by atoms with Crippen LogP contribution in [0, 0.1) is 6.92 Å². The third kappa shape index (κ3) is 7.63. The summed E-state index contributed by atoms with van der Waals surface area (Å²) >= 11 is 0. The van der Waals surface area contributed by atoms with Gasteiger partial charge in [0, 0.05) is 6.54 Å². The number of carbonyl (C=O) groups excluding carboxylic acids is 1. The molecule has 0 fully saturated rings. The smallest absolute Gasteiger partial charge is 0.347 e. The lowest BCUT2D eigenvalue weighted by atomic mass is 9.87. The fourth-order valence-corrected chi connectivity index (χ4v) is 2.99. The molecule has 0 saturated heterocycles. The topological polar surface area (TPSA) is 100 Å². The van der Waals surface area contributed by atoms with Gasteiger partial charge in [0.15, 0.2) is 5.60 Å². The first-order valence-corrected chi connectivity index (χ1v) is 11.0. The zero-order chi connectivity index (χ0) is 24.8. The van der Waals surface area contributed by atoms with Crippen molar-refractivity contribution in [3.63, 3.8) is 0 Å². The second-order valence-corrected chi connectivity index (χ2v) is 9.68. The highest BCUT2D eigenvalue weighted by Gasteiger charge is 2.29. The van der Waals surface area contributed by atoms with E-state index < -0.39 is 11.6 Å². The van der Waals surface area contributed by atoms with Gasteiger partial charge in [0.2, 0.25) is 0 Å². The molecule has 7 nitrogen and oxygen atoms in total. The highest BCUT2D eigenvalue weighted by atomic mass is 16.5. The van der Waals surface area contributed by atoms with Crippen LogP contribution in [0.15, 0.2) is 47.6 Å². The van der Waals surface area contributed by atoms with Gasteiger partial charge in [0.25, 0.3) is 5.91 Å². The van der Waals surface area contributed by atoms with Crippen LogP contribution < -0.4 is 15.5 Å². The van der Waals surface area contributed by atoms with Gasteiger partial charge in [-0.2, -0.15) is 5.10 Å². The molecular formula is C26H35N3O4. The van der Waals surface area contributed by atoms with Gasteiger partial charge < -0.3 is 20.6 Å². The Balaban J connectivity index is 1.87. The fourth-order valence-electron chi connectivity index (χ4n) is 2.99. The highest BCUT2D eigenvalue weighted by Crippen LogP contribution is 2.24. The Morgan fingerprint density at radius 1 is 0.970 bits per heavy atom. The maximum Gasteiger partial charge on any atom is 0.347 e. The van der Waals surface area contributed by atoms with Gasteiger partial charge in [-0.15, -0.1) is 0 Å². The molecule has 2 aromatic rings. The summed E-state index contributed by atoms with van der Waals surface area (Å²) in [6.07, 6.45) is 0. The van der Waals surface area contributed by atoms with Gasteiger partial charge in [-0.3, -0.25) is 4.79 Å². The van der Waals surface area contributed by atoms with E-state index in [0.717, 1.165) is 16.7 Å². The number of nitrogens with zero attached hydrogens (tertiary/aromatic N) is 1. The van der Waals surface area contributed by atoms with Crippen molar-refractivity contribution in [1.29, 1.82) is 0 Å².